The number of aryl methyl sites for hydroxylation is 2. The minimum atomic E-state index is -0.394. The fraction of sp³-hybridized carbons (Fsp3) is 0.462. The van der Waals surface area contributed by atoms with Crippen molar-refractivity contribution in [1.82, 2.24) is 5.32 Å². The first-order valence-electron chi connectivity index (χ1n) is 6.00. The maximum atomic E-state index is 9.14. The van der Waals surface area contributed by atoms with Gasteiger partial charge in [-0.1, -0.05) is 6.07 Å². The highest BCUT2D eigenvalue weighted by molar-refractivity contribution is 7.80. The van der Waals surface area contributed by atoms with Crippen molar-refractivity contribution in [2.45, 2.75) is 32.3 Å². The molecule has 1 aliphatic rings. The zero-order chi connectivity index (χ0) is 12.3. The molecule has 17 heavy (non-hydrogen) atoms. The summed E-state index contributed by atoms with van der Waals surface area (Å²) in [5.74, 6) is 0. The Balaban J connectivity index is 1.92. The van der Waals surface area contributed by atoms with Crippen LogP contribution in [-0.2, 0) is 12.8 Å². The summed E-state index contributed by atoms with van der Waals surface area (Å²) in [6, 6.07) is 6.39. The second-order valence-corrected chi connectivity index (χ2v) is 4.93. The van der Waals surface area contributed by atoms with Crippen LogP contribution < -0.4 is 10.6 Å². The third-order valence-corrected chi connectivity index (χ3v) is 3.16. The van der Waals surface area contributed by atoms with E-state index in [4.69, 9.17) is 17.3 Å². The molecule has 1 aromatic carbocycles. The summed E-state index contributed by atoms with van der Waals surface area (Å²) in [6.45, 7) is 2.20. The Bertz CT molecular complexity index is 418. The number of hydrogen-bond donors (Lipinski definition) is 3. The fourth-order valence-corrected chi connectivity index (χ4v) is 2.27. The first-order chi connectivity index (χ1) is 8.15. The molecule has 3 N–H and O–H groups in total. The van der Waals surface area contributed by atoms with E-state index < -0.39 is 6.10 Å². The van der Waals surface area contributed by atoms with Gasteiger partial charge in [0.1, 0.15) is 0 Å². The van der Waals surface area contributed by atoms with Crippen molar-refractivity contribution < 1.29 is 5.11 Å². The van der Waals surface area contributed by atoms with Crippen molar-refractivity contribution in [3.05, 3.63) is 29.3 Å². The number of benzene rings is 1. The molecular weight excluding hydrogens is 232 g/mol. The molecule has 1 aliphatic carbocycles. The number of aliphatic hydroxyl groups is 1. The predicted octanol–water partition coefficient (Wildman–Crippen LogP) is 1.84. The van der Waals surface area contributed by atoms with Crippen LogP contribution in [0.3, 0.4) is 0 Å². The summed E-state index contributed by atoms with van der Waals surface area (Å²) < 4.78 is 0. The largest absolute Gasteiger partial charge is 0.392 e. The van der Waals surface area contributed by atoms with Crippen LogP contribution in [0.25, 0.3) is 0 Å². The maximum Gasteiger partial charge on any atom is 0.170 e. The van der Waals surface area contributed by atoms with E-state index in [0.29, 0.717) is 11.7 Å². The van der Waals surface area contributed by atoms with E-state index in [-0.39, 0.29) is 0 Å². The van der Waals surface area contributed by atoms with Crippen molar-refractivity contribution in [2.75, 3.05) is 11.9 Å². The van der Waals surface area contributed by atoms with E-state index in [1.807, 2.05) is 0 Å². The van der Waals surface area contributed by atoms with Crippen LogP contribution in [0.4, 0.5) is 5.69 Å². The van der Waals surface area contributed by atoms with Crippen LogP contribution in [0.1, 0.15) is 24.5 Å². The van der Waals surface area contributed by atoms with E-state index in [1.165, 1.54) is 30.4 Å². The van der Waals surface area contributed by atoms with Crippen molar-refractivity contribution >= 4 is 23.0 Å². The zero-order valence-electron chi connectivity index (χ0n) is 9.99. The molecule has 0 heterocycles. The fourth-order valence-electron chi connectivity index (χ4n) is 2.07. The highest BCUT2D eigenvalue weighted by atomic mass is 32.1. The lowest BCUT2D eigenvalue weighted by atomic mass is 10.1. The van der Waals surface area contributed by atoms with E-state index >= 15 is 0 Å². The number of fused-ring (bicyclic) bond motifs is 1. The third kappa shape index (κ3) is 3.41. The molecule has 0 aliphatic heterocycles. The highest BCUT2D eigenvalue weighted by Gasteiger charge is 2.11. The van der Waals surface area contributed by atoms with Gasteiger partial charge in [0.15, 0.2) is 5.11 Å². The Kier molecular flexibility index (Phi) is 3.97. The minimum Gasteiger partial charge on any atom is -0.392 e. The molecule has 4 heteroatoms. The van der Waals surface area contributed by atoms with Gasteiger partial charge in [0.2, 0.25) is 0 Å². The molecule has 0 fully saturated rings. The number of aliphatic hydroxyl groups excluding tert-OH is 1. The summed E-state index contributed by atoms with van der Waals surface area (Å²) in [7, 11) is 0. The molecule has 2 rings (SSSR count). The van der Waals surface area contributed by atoms with Crippen LogP contribution in [0, 0.1) is 0 Å². The molecule has 0 amide bonds. The van der Waals surface area contributed by atoms with Crippen molar-refractivity contribution in [3.8, 4) is 0 Å². The first-order valence-corrected chi connectivity index (χ1v) is 6.40. The quantitative estimate of drug-likeness (QED) is 0.716. The van der Waals surface area contributed by atoms with E-state index in [0.717, 1.165) is 5.69 Å². The molecule has 0 radical (unpaired) electrons. The standard InChI is InChI=1S/C13H18N2OS/c1-9(16)8-14-13(17)15-12-6-5-10-3-2-4-11(10)7-12/h5-7,9,16H,2-4,8H2,1H3,(H2,14,15,17)/t9-/m1/s1. The van der Waals surface area contributed by atoms with Crippen molar-refractivity contribution in [2.24, 2.45) is 0 Å². The Morgan fingerprint density at radius 2 is 2.18 bits per heavy atom. The molecule has 3 nitrogen and oxygen atoms in total. The number of rotatable bonds is 3. The number of hydrogen-bond acceptors (Lipinski definition) is 2. The van der Waals surface area contributed by atoms with Crippen LogP contribution >= 0.6 is 12.2 Å². The Morgan fingerprint density at radius 3 is 2.94 bits per heavy atom. The van der Waals surface area contributed by atoms with Crippen LogP contribution in [0.5, 0.6) is 0 Å². The summed E-state index contributed by atoms with van der Waals surface area (Å²) >= 11 is 5.15. The van der Waals surface area contributed by atoms with Gasteiger partial charge in [0, 0.05) is 12.2 Å². The second-order valence-electron chi connectivity index (χ2n) is 4.52. The average molecular weight is 250 g/mol. The highest BCUT2D eigenvalue weighted by Crippen LogP contribution is 2.24. The monoisotopic (exact) mass is 250 g/mol. The molecule has 92 valence electrons. The predicted molar refractivity (Wildman–Crippen MR) is 74.4 cm³/mol. The minimum absolute atomic E-state index is 0.394. The molecule has 1 atom stereocenters. The van der Waals surface area contributed by atoms with Gasteiger partial charge in [-0.3, -0.25) is 0 Å². The maximum absolute atomic E-state index is 9.14. The Morgan fingerprint density at radius 1 is 1.41 bits per heavy atom. The Labute approximate surface area is 107 Å². The van der Waals surface area contributed by atoms with Gasteiger partial charge in [-0.15, -0.1) is 0 Å². The molecule has 0 spiro atoms. The number of anilines is 1. The zero-order valence-corrected chi connectivity index (χ0v) is 10.8. The molecule has 0 bridgehead atoms. The summed E-state index contributed by atoms with van der Waals surface area (Å²) in [4.78, 5) is 0. The smallest absolute Gasteiger partial charge is 0.170 e. The molecule has 0 saturated heterocycles. The van der Waals surface area contributed by atoms with Gasteiger partial charge < -0.3 is 15.7 Å². The summed E-state index contributed by atoms with van der Waals surface area (Å²) in [6.07, 6.45) is 3.22. The van der Waals surface area contributed by atoms with Crippen LogP contribution in [-0.4, -0.2) is 22.9 Å². The van der Waals surface area contributed by atoms with Gasteiger partial charge in [-0.05, 0) is 61.7 Å². The number of thiocarbonyl (C=S) groups is 1. The lowest BCUT2D eigenvalue weighted by Crippen LogP contribution is -2.33. The van der Waals surface area contributed by atoms with E-state index in [1.54, 1.807) is 6.92 Å². The molecule has 1 aromatic rings. The molecule has 0 unspecified atom stereocenters. The lowest BCUT2D eigenvalue weighted by molar-refractivity contribution is 0.198. The third-order valence-electron chi connectivity index (χ3n) is 2.91. The SMILES string of the molecule is C[C@@H](O)CNC(=S)Nc1ccc2c(c1)CCC2. The topological polar surface area (TPSA) is 44.3 Å². The Hall–Kier alpha value is -1.13. The van der Waals surface area contributed by atoms with Gasteiger partial charge in [0.05, 0.1) is 6.10 Å². The molecule has 0 saturated carbocycles. The molecule has 0 aromatic heterocycles. The lowest BCUT2D eigenvalue weighted by Gasteiger charge is -2.12. The number of nitrogens with one attached hydrogen (secondary N) is 2. The second kappa shape index (κ2) is 5.47. The first kappa shape index (κ1) is 12.3. The van der Waals surface area contributed by atoms with Crippen LogP contribution in [0.2, 0.25) is 0 Å². The average Bonchev–Trinajstić information content (AvgIpc) is 2.73. The molecular formula is C13H18N2OS. The van der Waals surface area contributed by atoms with Gasteiger partial charge in [-0.2, -0.15) is 0 Å². The van der Waals surface area contributed by atoms with Crippen molar-refractivity contribution in [1.29, 1.82) is 0 Å². The van der Waals surface area contributed by atoms with E-state index in [9.17, 15) is 0 Å². The summed E-state index contributed by atoms with van der Waals surface area (Å²) in [5.41, 5.74) is 3.90. The van der Waals surface area contributed by atoms with Crippen LogP contribution in [0.15, 0.2) is 18.2 Å². The van der Waals surface area contributed by atoms with E-state index in [2.05, 4.69) is 28.8 Å². The van der Waals surface area contributed by atoms with Gasteiger partial charge >= 0.3 is 0 Å². The van der Waals surface area contributed by atoms with Gasteiger partial charge in [-0.25, -0.2) is 0 Å². The summed E-state index contributed by atoms with van der Waals surface area (Å²) in [5, 5.41) is 15.8. The normalized spacial score (nSPS) is 15.2. The van der Waals surface area contributed by atoms with Gasteiger partial charge in [0.25, 0.3) is 0 Å². The van der Waals surface area contributed by atoms with Crippen molar-refractivity contribution in [3.63, 3.8) is 0 Å².